The van der Waals surface area contributed by atoms with Gasteiger partial charge in [-0.1, -0.05) is 0 Å². The molecule has 10 heteroatoms. The Balaban J connectivity index is 4.75. The zero-order valence-electron chi connectivity index (χ0n) is 17.9. The number of nitrogens with two attached hydrogens (primary N) is 1. The smallest absolute Gasteiger partial charge is 0.437 e. The lowest BCUT2D eigenvalue weighted by Gasteiger charge is -2.21. The van der Waals surface area contributed by atoms with Gasteiger partial charge in [0.1, 0.15) is 17.2 Å². The molecule has 0 radical (unpaired) electrons. The molecule has 0 heterocycles. The molecule has 0 aliphatic heterocycles. The summed E-state index contributed by atoms with van der Waals surface area (Å²) in [5, 5.41) is 5.25. The predicted molar refractivity (Wildman–Crippen MR) is 105 cm³/mol. The highest BCUT2D eigenvalue weighted by molar-refractivity contribution is 5.98. The van der Waals surface area contributed by atoms with Gasteiger partial charge in [-0.25, -0.2) is 9.59 Å². The van der Waals surface area contributed by atoms with E-state index in [1.165, 1.54) is 7.11 Å². The number of methoxy groups -OCH3 is 1. The highest BCUT2D eigenvalue weighted by Crippen LogP contribution is 2.08. The lowest BCUT2D eigenvalue weighted by Crippen LogP contribution is -2.44. The Labute approximate surface area is 166 Å². The third kappa shape index (κ3) is 13.8. The van der Waals surface area contributed by atoms with Gasteiger partial charge in [-0.15, -0.1) is 4.99 Å². The van der Waals surface area contributed by atoms with Gasteiger partial charge in [0.25, 0.3) is 0 Å². The third-order valence-electron chi connectivity index (χ3n) is 2.95. The Kier molecular flexibility index (Phi) is 10.5. The number of guanidine groups is 1. The number of amides is 2. The Morgan fingerprint density at radius 2 is 1.57 bits per heavy atom. The average Bonchev–Trinajstić information content (AvgIpc) is 2.49. The summed E-state index contributed by atoms with van der Waals surface area (Å²) in [4.78, 5) is 38.9. The minimum absolute atomic E-state index is 0.0826. The number of hydrogen-bond acceptors (Lipinski definition) is 7. The highest BCUT2D eigenvalue weighted by atomic mass is 16.6. The van der Waals surface area contributed by atoms with Gasteiger partial charge in [0, 0.05) is 6.54 Å². The molecule has 0 unspecified atom stereocenters. The van der Waals surface area contributed by atoms with E-state index >= 15 is 0 Å². The summed E-state index contributed by atoms with van der Waals surface area (Å²) in [5.41, 5.74) is 4.24. The number of alkyl carbamates (subject to hydrolysis) is 1. The monoisotopic (exact) mass is 402 g/mol. The molecule has 0 rings (SSSR count). The Morgan fingerprint density at radius 1 is 1.00 bits per heavy atom. The lowest BCUT2D eigenvalue weighted by atomic mass is 10.1. The molecule has 0 aromatic carbocycles. The number of esters is 1. The predicted octanol–water partition coefficient (Wildman–Crippen LogP) is 2.06. The van der Waals surface area contributed by atoms with Crippen LogP contribution >= 0.6 is 0 Å². The van der Waals surface area contributed by atoms with Gasteiger partial charge in [0.05, 0.1) is 7.11 Å². The van der Waals surface area contributed by atoms with E-state index in [0.717, 1.165) is 0 Å². The van der Waals surface area contributed by atoms with Crippen molar-refractivity contribution in [1.82, 2.24) is 10.6 Å². The molecule has 4 N–H and O–H groups in total. The van der Waals surface area contributed by atoms with Crippen LogP contribution in [-0.4, -0.2) is 55.0 Å². The van der Waals surface area contributed by atoms with E-state index in [9.17, 15) is 14.4 Å². The van der Waals surface area contributed by atoms with Crippen molar-refractivity contribution in [2.24, 2.45) is 10.7 Å². The van der Waals surface area contributed by atoms with Crippen LogP contribution < -0.4 is 16.4 Å². The minimum Gasteiger partial charge on any atom is -0.468 e. The summed E-state index contributed by atoms with van der Waals surface area (Å²) in [6, 6.07) is -0.681. The summed E-state index contributed by atoms with van der Waals surface area (Å²) in [5.74, 6) is -0.549. The van der Waals surface area contributed by atoms with Crippen molar-refractivity contribution in [1.29, 1.82) is 0 Å². The first-order valence-corrected chi connectivity index (χ1v) is 9.12. The lowest BCUT2D eigenvalue weighted by molar-refractivity contribution is -0.142. The van der Waals surface area contributed by atoms with Gasteiger partial charge in [-0.2, -0.15) is 0 Å². The molecule has 0 spiro atoms. The second kappa shape index (κ2) is 11.5. The van der Waals surface area contributed by atoms with E-state index in [2.05, 4.69) is 20.4 Å². The number of carbonyl (C=O) groups is 3. The normalized spacial score (nSPS) is 13.4. The molecular weight excluding hydrogens is 368 g/mol. The standard InChI is InChI=1S/C18H34N4O6/c1-17(2,3)27-15(24)21-14(22-16(25)28-18(4,5)6)20-11-9-8-10-12(19)13(23)26-7/h12H,8-11,19H2,1-7H3,(H2,20,21,22,24,25)/t12-/m0/s1. The van der Waals surface area contributed by atoms with Crippen LogP contribution in [0.4, 0.5) is 9.59 Å². The number of rotatable bonds is 6. The number of hydrogen-bond donors (Lipinski definition) is 3. The fourth-order valence-corrected chi connectivity index (χ4v) is 1.85. The molecule has 0 bridgehead atoms. The van der Waals surface area contributed by atoms with Crippen molar-refractivity contribution in [3.8, 4) is 0 Å². The topological polar surface area (TPSA) is 141 Å². The molecule has 162 valence electrons. The zero-order chi connectivity index (χ0) is 22.0. The van der Waals surface area contributed by atoms with Crippen molar-refractivity contribution in [2.75, 3.05) is 13.7 Å². The molecule has 0 saturated heterocycles. The summed E-state index contributed by atoms with van der Waals surface area (Å²) >= 11 is 0. The Bertz CT molecular complexity index is 563. The van der Waals surface area contributed by atoms with Crippen LogP contribution in [0.25, 0.3) is 0 Å². The van der Waals surface area contributed by atoms with Gasteiger partial charge >= 0.3 is 18.2 Å². The summed E-state index contributed by atoms with van der Waals surface area (Å²) in [7, 11) is 1.28. The molecule has 28 heavy (non-hydrogen) atoms. The Morgan fingerprint density at radius 3 is 2.07 bits per heavy atom. The summed E-state index contributed by atoms with van der Waals surface area (Å²) in [6.45, 7) is 10.7. The van der Waals surface area contributed by atoms with E-state index in [0.29, 0.717) is 25.8 Å². The van der Waals surface area contributed by atoms with Crippen LogP contribution in [0.15, 0.2) is 4.99 Å². The van der Waals surface area contributed by atoms with E-state index in [1.807, 2.05) is 0 Å². The molecule has 0 saturated carbocycles. The van der Waals surface area contributed by atoms with E-state index < -0.39 is 35.4 Å². The molecule has 10 nitrogen and oxygen atoms in total. The second-order valence-corrected chi connectivity index (χ2v) is 8.12. The fraction of sp³-hybridized carbons (Fsp3) is 0.778. The molecule has 0 aliphatic rings. The molecule has 0 aliphatic carbocycles. The molecular formula is C18H34N4O6. The largest absolute Gasteiger partial charge is 0.468 e. The maximum atomic E-state index is 11.9. The number of ether oxygens (including phenoxy) is 3. The van der Waals surface area contributed by atoms with Crippen LogP contribution in [0.3, 0.4) is 0 Å². The zero-order valence-corrected chi connectivity index (χ0v) is 17.9. The van der Waals surface area contributed by atoms with E-state index in [1.54, 1.807) is 41.5 Å². The summed E-state index contributed by atoms with van der Waals surface area (Å²) < 4.78 is 14.8. The van der Waals surface area contributed by atoms with Crippen molar-refractivity contribution in [3.05, 3.63) is 0 Å². The first-order valence-electron chi connectivity index (χ1n) is 9.12. The van der Waals surface area contributed by atoms with Crippen LogP contribution in [0.5, 0.6) is 0 Å². The fourth-order valence-electron chi connectivity index (χ4n) is 1.85. The molecule has 0 aromatic rings. The summed E-state index contributed by atoms with van der Waals surface area (Å²) in [6.07, 6.45) is 0.101. The second-order valence-electron chi connectivity index (χ2n) is 8.12. The molecule has 1 atom stereocenters. The first kappa shape index (κ1) is 25.6. The van der Waals surface area contributed by atoms with Crippen LogP contribution in [0, 0.1) is 0 Å². The first-order chi connectivity index (χ1) is 12.7. The van der Waals surface area contributed by atoms with E-state index in [-0.39, 0.29) is 5.96 Å². The van der Waals surface area contributed by atoms with Crippen LogP contribution in [0.2, 0.25) is 0 Å². The van der Waals surface area contributed by atoms with Crippen LogP contribution in [0.1, 0.15) is 60.8 Å². The maximum Gasteiger partial charge on any atom is 0.437 e. The van der Waals surface area contributed by atoms with Crippen molar-refractivity contribution >= 4 is 24.1 Å². The van der Waals surface area contributed by atoms with Gasteiger partial charge in [0.2, 0.25) is 5.96 Å². The highest BCUT2D eigenvalue weighted by Gasteiger charge is 2.20. The maximum absolute atomic E-state index is 11.9. The van der Waals surface area contributed by atoms with E-state index in [4.69, 9.17) is 15.2 Å². The minimum atomic E-state index is -0.848. The van der Waals surface area contributed by atoms with Crippen LogP contribution in [-0.2, 0) is 19.0 Å². The number of nitrogens with zero attached hydrogens (tertiary/aromatic N) is 1. The molecule has 0 aromatic heterocycles. The van der Waals surface area contributed by atoms with Gasteiger partial charge in [-0.05, 0) is 60.8 Å². The Hall–Kier alpha value is -2.36. The third-order valence-corrected chi connectivity index (χ3v) is 2.95. The quantitative estimate of drug-likeness (QED) is 0.201. The van der Waals surface area contributed by atoms with Crippen molar-refractivity contribution < 1.29 is 28.6 Å². The van der Waals surface area contributed by atoms with Gasteiger partial charge < -0.3 is 25.3 Å². The number of unbranched alkanes of at least 4 members (excludes halogenated alkanes) is 1. The number of nitrogens with one attached hydrogen (secondary N) is 2. The van der Waals surface area contributed by atoms with Gasteiger partial charge in [-0.3, -0.25) is 10.1 Å². The molecule has 2 amide bonds. The number of carbonyl (C=O) groups excluding carboxylic acids is 3. The molecule has 0 fully saturated rings. The van der Waals surface area contributed by atoms with Crippen molar-refractivity contribution in [3.63, 3.8) is 0 Å². The number of aliphatic imine (C=N–C) groups is 1. The SMILES string of the molecule is COC(=O)[C@@H](N)CCCCNC(=NC(=O)OC(C)(C)C)NC(=O)OC(C)(C)C. The van der Waals surface area contributed by atoms with Crippen molar-refractivity contribution in [2.45, 2.75) is 78.0 Å². The average molecular weight is 402 g/mol. The van der Waals surface area contributed by atoms with Gasteiger partial charge in [0.15, 0.2) is 0 Å².